The fourth-order valence-electron chi connectivity index (χ4n) is 2.40. The molecule has 1 amide bonds. The Kier molecular flexibility index (Phi) is 6.59. The Morgan fingerprint density at radius 1 is 1.18 bits per heavy atom. The van der Waals surface area contributed by atoms with E-state index >= 15 is 0 Å². The number of nitrogens with zero attached hydrogens (tertiary/aromatic N) is 2. The topological polar surface area (TPSA) is 72.8 Å². The number of benzene rings is 2. The zero-order valence-electron chi connectivity index (χ0n) is 15.1. The second-order valence-corrected chi connectivity index (χ2v) is 6.21. The summed E-state index contributed by atoms with van der Waals surface area (Å²) in [7, 11) is 1.56. The predicted octanol–water partition coefficient (Wildman–Crippen LogP) is 4.09. The Labute approximate surface area is 167 Å². The Bertz CT molecular complexity index is 978. The van der Waals surface area contributed by atoms with Gasteiger partial charge in [0.05, 0.1) is 18.9 Å². The number of carbonyl (C=O) groups is 1. The van der Waals surface area contributed by atoms with E-state index in [-0.39, 0.29) is 5.91 Å². The van der Waals surface area contributed by atoms with Gasteiger partial charge in [0.2, 0.25) is 0 Å². The lowest BCUT2D eigenvalue weighted by atomic mass is 10.2. The van der Waals surface area contributed by atoms with Crippen LogP contribution >= 0.6 is 11.6 Å². The standard InChI is InChI=1S/C21H18ClN3O3/c1-27-20-11-15(12-24-25-21(26)17-5-3-9-23-13-17)7-8-19(20)28-14-16-4-2-6-18(22)10-16/h2-13H,14H2,1H3,(H,25,26)/b24-12-. The van der Waals surface area contributed by atoms with Crippen molar-refractivity contribution in [2.45, 2.75) is 6.61 Å². The molecular weight excluding hydrogens is 378 g/mol. The third-order valence-electron chi connectivity index (χ3n) is 3.77. The van der Waals surface area contributed by atoms with Gasteiger partial charge in [-0.05, 0) is 53.6 Å². The van der Waals surface area contributed by atoms with Crippen LogP contribution in [-0.4, -0.2) is 24.2 Å². The number of aromatic nitrogens is 1. The van der Waals surface area contributed by atoms with Crippen LogP contribution in [0.4, 0.5) is 0 Å². The van der Waals surface area contributed by atoms with Crippen LogP contribution in [0, 0.1) is 0 Å². The zero-order chi connectivity index (χ0) is 19.8. The molecule has 3 rings (SSSR count). The van der Waals surface area contributed by atoms with Crippen molar-refractivity contribution in [1.29, 1.82) is 0 Å². The molecule has 7 heteroatoms. The number of hydrazone groups is 1. The van der Waals surface area contributed by atoms with E-state index in [0.717, 1.165) is 11.1 Å². The summed E-state index contributed by atoms with van der Waals surface area (Å²) in [6.45, 7) is 0.367. The van der Waals surface area contributed by atoms with Crippen molar-refractivity contribution in [2.24, 2.45) is 5.10 Å². The molecule has 0 bridgehead atoms. The van der Waals surface area contributed by atoms with E-state index < -0.39 is 0 Å². The van der Waals surface area contributed by atoms with Gasteiger partial charge in [0.25, 0.3) is 5.91 Å². The minimum atomic E-state index is -0.335. The van der Waals surface area contributed by atoms with Gasteiger partial charge < -0.3 is 9.47 Å². The largest absolute Gasteiger partial charge is 0.493 e. The number of hydrogen-bond donors (Lipinski definition) is 1. The highest BCUT2D eigenvalue weighted by Crippen LogP contribution is 2.28. The first-order chi connectivity index (χ1) is 13.7. The summed E-state index contributed by atoms with van der Waals surface area (Å²) in [5.41, 5.74) is 4.60. The number of nitrogens with one attached hydrogen (secondary N) is 1. The predicted molar refractivity (Wildman–Crippen MR) is 108 cm³/mol. The van der Waals surface area contributed by atoms with Crippen molar-refractivity contribution in [1.82, 2.24) is 10.4 Å². The Hall–Kier alpha value is -3.38. The second-order valence-electron chi connectivity index (χ2n) is 5.77. The van der Waals surface area contributed by atoms with Crippen LogP contribution < -0.4 is 14.9 Å². The molecule has 142 valence electrons. The van der Waals surface area contributed by atoms with Gasteiger partial charge in [0.15, 0.2) is 11.5 Å². The molecule has 0 saturated heterocycles. The number of ether oxygens (including phenoxy) is 2. The van der Waals surface area contributed by atoms with Gasteiger partial charge in [-0.25, -0.2) is 5.43 Å². The van der Waals surface area contributed by atoms with E-state index in [1.54, 1.807) is 37.6 Å². The van der Waals surface area contributed by atoms with Crippen LogP contribution in [0.3, 0.4) is 0 Å². The fraction of sp³-hybridized carbons (Fsp3) is 0.0952. The molecule has 0 aliphatic heterocycles. The monoisotopic (exact) mass is 395 g/mol. The first kappa shape index (κ1) is 19.4. The lowest BCUT2D eigenvalue weighted by Gasteiger charge is -2.11. The smallest absolute Gasteiger partial charge is 0.272 e. The molecule has 1 heterocycles. The summed E-state index contributed by atoms with van der Waals surface area (Å²) >= 11 is 5.99. The highest BCUT2D eigenvalue weighted by Gasteiger charge is 2.07. The molecule has 0 atom stereocenters. The molecule has 6 nitrogen and oxygen atoms in total. The van der Waals surface area contributed by atoms with Crippen molar-refractivity contribution < 1.29 is 14.3 Å². The highest BCUT2D eigenvalue weighted by atomic mass is 35.5. The van der Waals surface area contributed by atoms with Crippen LogP contribution in [0.25, 0.3) is 0 Å². The van der Waals surface area contributed by atoms with Gasteiger partial charge >= 0.3 is 0 Å². The third-order valence-corrected chi connectivity index (χ3v) is 4.01. The van der Waals surface area contributed by atoms with E-state index in [9.17, 15) is 4.79 Å². The molecule has 1 N–H and O–H groups in total. The first-order valence-electron chi connectivity index (χ1n) is 8.44. The maximum absolute atomic E-state index is 11.9. The SMILES string of the molecule is COc1cc(/C=N\NC(=O)c2cccnc2)ccc1OCc1cccc(Cl)c1. The zero-order valence-corrected chi connectivity index (χ0v) is 15.9. The average Bonchev–Trinajstić information content (AvgIpc) is 2.73. The number of amides is 1. The maximum Gasteiger partial charge on any atom is 0.272 e. The lowest BCUT2D eigenvalue weighted by molar-refractivity contribution is 0.0955. The molecular formula is C21H18ClN3O3. The minimum Gasteiger partial charge on any atom is -0.493 e. The fourth-order valence-corrected chi connectivity index (χ4v) is 2.61. The summed E-state index contributed by atoms with van der Waals surface area (Å²) in [4.78, 5) is 15.8. The Balaban J connectivity index is 1.63. The van der Waals surface area contributed by atoms with Crippen molar-refractivity contribution in [3.8, 4) is 11.5 Å². The quantitative estimate of drug-likeness (QED) is 0.483. The molecule has 0 radical (unpaired) electrons. The van der Waals surface area contributed by atoms with Crippen LogP contribution in [0.1, 0.15) is 21.5 Å². The summed E-state index contributed by atoms with van der Waals surface area (Å²) in [5.74, 6) is 0.821. The van der Waals surface area contributed by atoms with Crippen LogP contribution in [0.2, 0.25) is 5.02 Å². The number of carbonyl (C=O) groups excluding carboxylic acids is 1. The summed E-state index contributed by atoms with van der Waals surface area (Å²) in [6, 6.07) is 16.2. The van der Waals surface area contributed by atoms with Crippen molar-refractivity contribution in [3.05, 3.63) is 88.7 Å². The van der Waals surface area contributed by atoms with Gasteiger partial charge in [-0.15, -0.1) is 0 Å². The van der Waals surface area contributed by atoms with E-state index in [0.29, 0.717) is 28.7 Å². The highest BCUT2D eigenvalue weighted by molar-refractivity contribution is 6.30. The molecule has 0 aliphatic carbocycles. The number of methoxy groups -OCH3 is 1. The number of halogens is 1. The molecule has 3 aromatic rings. The third kappa shape index (κ3) is 5.31. The Morgan fingerprint density at radius 2 is 2.07 bits per heavy atom. The molecule has 2 aromatic carbocycles. The van der Waals surface area contributed by atoms with Crippen LogP contribution in [-0.2, 0) is 6.61 Å². The first-order valence-corrected chi connectivity index (χ1v) is 8.82. The maximum atomic E-state index is 11.9. The van der Waals surface area contributed by atoms with Crippen LogP contribution in [0.5, 0.6) is 11.5 Å². The second kappa shape index (κ2) is 9.53. The van der Waals surface area contributed by atoms with Crippen molar-refractivity contribution >= 4 is 23.7 Å². The lowest BCUT2D eigenvalue weighted by Crippen LogP contribution is -2.17. The Morgan fingerprint density at radius 3 is 2.82 bits per heavy atom. The van der Waals surface area contributed by atoms with E-state index in [4.69, 9.17) is 21.1 Å². The van der Waals surface area contributed by atoms with E-state index in [1.807, 2.05) is 30.3 Å². The molecule has 1 aromatic heterocycles. The van der Waals surface area contributed by atoms with Gasteiger partial charge in [-0.3, -0.25) is 9.78 Å². The molecule has 0 saturated carbocycles. The van der Waals surface area contributed by atoms with Gasteiger partial charge in [0.1, 0.15) is 6.61 Å². The van der Waals surface area contributed by atoms with Crippen molar-refractivity contribution in [3.63, 3.8) is 0 Å². The molecule has 0 fully saturated rings. The summed E-state index contributed by atoms with van der Waals surface area (Å²) in [6.07, 6.45) is 4.60. The van der Waals surface area contributed by atoms with Gasteiger partial charge in [-0.1, -0.05) is 23.7 Å². The van der Waals surface area contributed by atoms with Gasteiger partial charge in [-0.2, -0.15) is 5.10 Å². The van der Waals surface area contributed by atoms with Crippen molar-refractivity contribution in [2.75, 3.05) is 7.11 Å². The average molecular weight is 396 g/mol. The molecule has 0 unspecified atom stereocenters. The normalized spacial score (nSPS) is 10.6. The summed E-state index contributed by atoms with van der Waals surface area (Å²) < 4.78 is 11.2. The van der Waals surface area contributed by atoms with Crippen LogP contribution in [0.15, 0.2) is 72.1 Å². The minimum absolute atomic E-state index is 0.335. The molecule has 0 aliphatic rings. The number of pyridine rings is 1. The summed E-state index contributed by atoms with van der Waals surface area (Å²) in [5, 5.41) is 4.62. The van der Waals surface area contributed by atoms with E-state index in [1.165, 1.54) is 12.4 Å². The number of hydrogen-bond acceptors (Lipinski definition) is 5. The van der Waals surface area contributed by atoms with E-state index in [2.05, 4.69) is 15.5 Å². The molecule has 28 heavy (non-hydrogen) atoms. The van der Waals surface area contributed by atoms with Gasteiger partial charge in [0, 0.05) is 17.4 Å². The number of rotatable bonds is 7. The molecule has 0 spiro atoms.